The van der Waals surface area contributed by atoms with E-state index < -0.39 is 0 Å². The summed E-state index contributed by atoms with van der Waals surface area (Å²) < 4.78 is 0. The van der Waals surface area contributed by atoms with Crippen LogP contribution in [0.5, 0.6) is 0 Å². The molecule has 0 aromatic heterocycles. The van der Waals surface area contributed by atoms with Crippen LogP contribution in [0.1, 0.15) is 35.6 Å². The van der Waals surface area contributed by atoms with Gasteiger partial charge < -0.3 is 0 Å². The third-order valence-electron chi connectivity index (χ3n) is 3.02. The van der Waals surface area contributed by atoms with Crippen molar-refractivity contribution in [2.75, 3.05) is 0 Å². The Hall–Kier alpha value is -1.56. The minimum Gasteiger partial charge on any atom is -0.0991 e. The maximum atomic E-state index is 4.14. The number of allylic oxidation sites excluding steroid dienone is 4. The molecule has 0 heteroatoms. The Morgan fingerprint density at radius 2 is 1.88 bits per heavy atom. The fourth-order valence-electron chi connectivity index (χ4n) is 1.93. The van der Waals surface area contributed by atoms with E-state index in [1.807, 2.05) is 12.2 Å². The van der Waals surface area contributed by atoms with Crippen molar-refractivity contribution >= 4 is 5.57 Å². The lowest BCUT2D eigenvalue weighted by Gasteiger charge is -2.12. The lowest BCUT2D eigenvalue weighted by molar-refractivity contribution is 0.916. The lowest BCUT2D eigenvalue weighted by Crippen LogP contribution is -1.95. The Labute approximate surface area is 105 Å². The molecule has 0 heterocycles. The molecule has 0 spiro atoms. The van der Waals surface area contributed by atoms with Gasteiger partial charge in [0.1, 0.15) is 0 Å². The molecule has 0 radical (unpaired) electrons. The molecule has 1 rings (SSSR count). The van der Waals surface area contributed by atoms with Crippen LogP contribution in [0, 0.1) is 13.8 Å². The van der Waals surface area contributed by atoms with Gasteiger partial charge in [-0.3, -0.25) is 0 Å². The molecule has 0 bridgehead atoms. The van der Waals surface area contributed by atoms with Gasteiger partial charge in [0, 0.05) is 0 Å². The highest BCUT2D eigenvalue weighted by atomic mass is 14.1. The first-order valence-electron chi connectivity index (χ1n) is 6.18. The summed E-state index contributed by atoms with van der Waals surface area (Å²) in [4.78, 5) is 0. The van der Waals surface area contributed by atoms with Crippen LogP contribution in [0.4, 0.5) is 0 Å². The summed E-state index contributed by atoms with van der Waals surface area (Å²) >= 11 is 0. The van der Waals surface area contributed by atoms with Gasteiger partial charge >= 0.3 is 0 Å². The molecule has 0 unspecified atom stereocenters. The van der Waals surface area contributed by atoms with E-state index in [0.717, 1.165) is 18.4 Å². The van der Waals surface area contributed by atoms with Crippen LogP contribution in [-0.2, 0) is 6.42 Å². The van der Waals surface area contributed by atoms with Gasteiger partial charge in [0.2, 0.25) is 0 Å². The summed E-state index contributed by atoms with van der Waals surface area (Å²) in [5.74, 6) is 0. The topological polar surface area (TPSA) is 0 Å². The Balaban J connectivity index is 3.20. The van der Waals surface area contributed by atoms with Gasteiger partial charge in [0.05, 0.1) is 0 Å². The van der Waals surface area contributed by atoms with E-state index in [1.165, 1.54) is 22.3 Å². The molecule has 0 aliphatic carbocycles. The summed E-state index contributed by atoms with van der Waals surface area (Å²) in [6.07, 6.45) is 8.01. The van der Waals surface area contributed by atoms with Crippen molar-refractivity contribution in [2.45, 2.75) is 33.6 Å². The van der Waals surface area contributed by atoms with Gasteiger partial charge in [-0.2, -0.15) is 0 Å². The minimum atomic E-state index is 1.07. The zero-order valence-electron chi connectivity index (χ0n) is 11.2. The third-order valence-corrected chi connectivity index (χ3v) is 3.02. The van der Waals surface area contributed by atoms with E-state index in [1.54, 1.807) is 6.08 Å². The van der Waals surface area contributed by atoms with Crippen molar-refractivity contribution in [1.29, 1.82) is 0 Å². The number of benzene rings is 1. The monoisotopic (exact) mass is 226 g/mol. The predicted octanol–water partition coefficient (Wildman–Crippen LogP) is 5.01. The first kappa shape index (κ1) is 13.5. The van der Waals surface area contributed by atoms with Crippen LogP contribution < -0.4 is 0 Å². The van der Waals surface area contributed by atoms with Crippen LogP contribution in [0.2, 0.25) is 0 Å². The van der Waals surface area contributed by atoms with E-state index in [2.05, 4.69) is 46.1 Å². The highest BCUT2D eigenvalue weighted by molar-refractivity contribution is 5.75. The molecular formula is C17H22. The zero-order chi connectivity index (χ0) is 12.8. The maximum Gasteiger partial charge on any atom is -0.0155 e. The van der Waals surface area contributed by atoms with E-state index in [9.17, 15) is 0 Å². The standard InChI is InChI=1S/C17H22/c1-6-8-10-13(3)17-12-15(5)14(4)11-16(17)9-7-2/h6,8,10-12H,1,3,7,9H2,2,4-5H3/b10-8-. The molecule has 0 nitrogen and oxygen atoms in total. The number of hydrogen-bond donors (Lipinski definition) is 0. The molecular weight excluding hydrogens is 204 g/mol. The molecule has 0 aliphatic heterocycles. The Morgan fingerprint density at radius 1 is 1.24 bits per heavy atom. The molecule has 0 saturated heterocycles. The van der Waals surface area contributed by atoms with Gasteiger partial charge in [-0.25, -0.2) is 0 Å². The average molecular weight is 226 g/mol. The molecule has 0 atom stereocenters. The second kappa shape index (κ2) is 6.24. The Morgan fingerprint density at radius 3 is 2.47 bits per heavy atom. The molecule has 90 valence electrons. The fourth-order valence-corrected chi connectivity index (χ4v) is 1.93. The summed E-state index contributed by atoms with van der Waals surface area (Å²) in [6.45, 7) is 14.4. The van der Waals surface area contributed by atoms with Crippen LogP contribution >= 0.6 is 0 Å². The molecule has 0 fully saturated rings. The van der Waals surface area contributed by atoms with Gasteiger partial charge in [-0.1, -0.05) is 56.9 Å². The first-order chi connectivity index (χ1) is 8.10. The lowest BCUT2D eigenvalue weighted by atomic mass is 9.93. The number of hydrogen-bond acceptors (Lipinski definition) is 0. The zero-order valence-corrected chi connectivity index (χ0v) is 11.2. The Bertz CT molecular complexity index is 447. The van der Waals surface area contributed by atoms with Crippen LogP contribution in [-0.4, -0.2) is 0 Å². The molecule has 0 aliphatic rings. The summed E-state index contributed by atoms with van der Waals surface area (Å²) in [5.41, 5.74) is 6.42. The molecule has 0 saturated carbocycles. The van der Waals surface area contributed by atoms with Crippen molar-refractivity contribution in [2.24, 2.45) is 0 Å². The average Bonchev–Trinajstić information content (AvgIpc) is 2.30. The fraction of sp³-hybridized carbons (Fsp3) is 0.294. The van der Waals surface area contributed by atoms with Crippen molar-refractivity contribution in [3.05, 3.63) is 65.8 Å². The van der Waals surface area contributed by atoms with Gasteiger partial charge in [-0.15, -0.1) is 0 Å². The van der Waals surface area contributed by atoms with E-state index in [0.29, 0.717) is 0 Å². The SMILES string of the molecule is C=C/C=C\C(=C)c1cc(C)c(C)cc1CCC. The van der Waals surface area contributed by atoms with Gasteiger partial charge in [0.25, 0.3) is 0 Å². The highest BCUT2D eigenvalue weighted by Crippen LogP contribution is 2.24. The van der Waals surface area contributed by atoms with Crippen LogP contribution in [0.3, 0.4) is 0 Å². The summed E-state index contributed by atoms with van der Waals surface area (Å²) in [5, 5.41) is 0. The van der Waals surface area contributed by atoms with E-state index in [-0.39, 0.29) is 0 Å². The van der Waals surface area contributed by atoms with E-state index in [4.69, 9.17) is 0 Å². The highest BCUT2D eigenvalue weighted by Gasteiger charge is 2.06. The smallest absolute Gasteiger partial charge is 0.0155 e. The molecule has 17 heavy (non-hydrogen) atoms. The van der Waals surface area contributed by atoms with Gasteiger partial charge in [0.15, 0.2) is 0 Å². The molecule has 0 amide bonds. The van der Waals surface area contributed by atoms with Crippen molar-refractivity contribution in [3.63, 3.8) is 0 Å². The minimum absolute atomic E-state index is 1.07. The van der Waals surface area contributed by atoms with E-state index >= 15 is 0 Å². The number of aryl methyl sites for hydroxylation is 3. The molecule has 1 aromatic rings. The van der Waals surface area contributed by atoms with Crippen molar-refractivity contribution in [3.8, 4) is 0 Å². The second-order valence-electron chi connectivity index (χ2n) is 4.46. The third kappa shape index (κ3) is 3.45. The number of rotatable bonds is 5. The predicted molar refractivity (Wildman–Crippen MR) is 78.3 cm³/mol. The van der Waals surface area contributed by atoms with Crippen LogP contribution in [0.15, 0.2) is 43.5 Å². The van der Waals surface area contributed by atoms with Crippen molar-refractivity contribution < 1.29 is 0 Å². The second-order valence-corrected chi connectivity index (χ2v) is 4.46. The largest absolute Gasteiger partial charge is 0.0991 e. The summed E-state index contributed by atoms with van der Waals surface area (Å²) in [7, 11) is 0. The normalized spacial score (nSPS) is 10.8. The van der Waals surface area contributed by atoms with Crippen molar-refractivity contribution in [1.82, 2.24) is 0 Å². The summed E-state index contributed by atoms with van der Waals surface area (Å²) in [6, 6.07) is 4.54. The van der Waals surface area contributed by atoms with Gasteiger partial charge in [-0.05, 0) is 48.1 Å². The maximum absolute atomic E-state index is 4.14. The first-order valence-corrected chi connectivity index (χ1v) is 6.18. The molecule has 1 aromatic carbocycles. The Kier molecular flexibility index (Phi) is 4.96. The molecule has 0 N–H and O–H groups in total. The van der Waals surface area contributed by atoms with Crippen LogP contribution in [0.25, 0.3) is 5.57 Å². The quantitative estimate of drug-likeness (QED) is 0.619.